The first-order valence-electron chi connectivity index (χ1n) is 4.31. The molecule has 1 rings (SSSR count). The minimum absolute atomic E-state index is 0.240. The van der Waals surface area contributed by atoms with Gasteiger partial charge in [-0.25, -0.2) is 4.39 Å². The highest BCUT2D eigenvalue weighted by atomic mass is 19.1. The molecule has 0 aliphatic rings. The van der Waals surface area contributed by atoms with Crippen molar-refractivity contribution in [2.24, 2.45) is 5.92 Å². The van der Waals surface area contributed by atoms with Gasteiger partial charge in [0.2, 0.25) is 0 Å². The number of pyridine rings is 1. The van der Waals surface area contributed by atoms with Crippen LogP contribution in [0, 0.1) is 11.7 Å². The molecule has 12 heavy (non-hydrogen) atoms. The van der Waals surface area contributed by atoms with E-state index in [1.54, 1.807) is 12.3 Å². The smallest absolute Gasteiger partial charge is 0.141 e. The number of aromatic nitrogens is 1. The van der Waals surface area contributed by atoms with Crippen LogP contribution in [0.3, 0.4) is 0 Å². The highest BCUT2D eigenvalue weighted by Gasteiger charge is 2.01. The lowest BCUT2D eigenvalue weighted by Gasteiger charge is -2.06. The fourth-order valence-electron chi connectivity index (χ4n) is 1.11. The first kappa shape index (κ1) is 9.17. The van der Waals surface area contributed by atoms with Crippen molar-refractivity contribution in [1.82, 2.24) is 4.98 Å². The van der Waals surface area contributed by atoms with Crippen LogP contribution in [0.25, 0.3) is 0 Å². The summed E-state index contributed by atoms with van der Waals surface area (Å²) in [5.74, 6) is 0.365. The molecular formula is C10H14FN. The lowest BCUT2D eigenvalue weighted by molar-refractivity contribution is 0.553. The van der Waals surface area contributed by atoms with Gasteiger partial charge in [0.15, 0.2) is 0 Å². The highest BCUT2D eigenvalue weighted by Crippen LogP contribution is 2.10. The first-order chi connectivity index (χ1) is 5.72. The van der Waals surface area contributed by atoms with Crippen molar-refractivity contribution in [3.8, 4) is 0 Å². The molecular weight excluding hydrogens is 153 g/mol. The molecule has 0 fully saturated rings. The monoisotopic (exact) mass is 167 g/mol. The van der Waals surface area contributed by atoms with Gasteiger partial charge in [0.1, 0.15) is 5.82 Å². The van der Waals surface area contributed by atoms with Crippen LogP contribution in [-0.2, 0) is 6.42 Å². The third-order valence-corrected chi connectivity index (χ3v) is 2.04. The molecule has 0 aliphatic heterocycles. The number of rotatable bonds is 3. The Morgan fingerprint density at radius 1 is 1.50 bits per heavy atom. The van der Waals surface area contributed by atoms with Crippen molar-refractivity contribution in [2.45, 2.75) is 26.7 Å². The second-order valence-electron chi connectivity index (χ2n) is 3.23. The molecule has 1 unspecified atom stereocenters. The lowest BCUT2D eigenvalue weighted by Crippen LogP contribution is -1.98. The summed E-state index contributed by atoms with van der Waals surface area (Å²) < 4.78 is 12.7. The Kier molecular flexibility index (Phi) is 3.20. The molecule has 0 bridgehead atoms. The van der Waals surface area contributed by atoms with Crippen molar-refractivity contribution >= 4 is 0 Å². The van der Waals surface area contributed by atoms with Gasteiger partial charge in [-0.2, -0.15) is 0 Å². The Morgan fingerprint density at radius 2 is 2.25 bits per heavy atom. The Bertz CT molecular complexity index is 247. The predicted octanol–water partition coefficient (Wildman–Crippen LogP) is 2.81. The van der Waals surface area contributed by atoms with Crippen LogP contribution in [0.5, 0.6) is 0 Å². The number of hydrogen-bond acceptors (Lipinski definition) is 1. The van der Waals surface area contributed by atoms with E-state index in [9.17, 15) is 4.39 Å². The van der Waals surface area contributed by atoms with Crippen molar-refractivity contribution in [2.75, 3.05) is 0 Å². The quantitative estimate of drug-likeness (QED) is 0.674. The molecule has 1 heterocycles. The van der Waals surface area contributed by atoms with E-state index in [0.29, 0.717) is 5.92 Å². The summed E-state index contributed by atoms with van der Waals surface area (Å²) in [5.41, 5.74) is 0.990. The van der Waals surface area contributed by atoms with Gasteiger partial charge in [-0.1, -0.05) is 20.3 Å². The summed E-state index contributed by atoms with van der Waals surface area (Å²) in [7, 11) is 0. The van der Waals surface area contributed by atoms with E-state index < -0.39 is 0 Å². The molecule has 1 nitrogen and oxygen atoms in total. The molecule has 0 amide bonds. The van der Waals surface area contributed by atoms with Gasteiger partial charge in [-0.3, -0.25) is 4.98 Å². The molecule has 66 valence electrons. The van der Waals surface area contributed by atoms with Crippen molar-refractivity contribution in [3.05, 3.63) is 29.8 Å². The molecule has 0 saturated heterocycles. The van der Waals surface area contributed by atoms with Crippen molar-refractivity contribution in [3.63, 3.8) is 0 Å². The zero-order valence-corrected chi connectivity index (χ0v) is 7.55. The van der Waals surface area contributed by atoms with Crippen LogP contribution >= 0.6 is 0 Å². The van der Waals surface area contributed by atoms with Gasteiger partial charge in [0.25, 0.3) is 0 Å². The number of hydrogen-bond donors (Lipinski definition) is 0. The summed E-state index contributed by atoms with van der Waals surface area (Å²) >= 11 is 0. The van der Waals surface area contributed by atoms with Gasteiger partial charge in [-0.05, 0) is 24.0 Å². The topological polar surface area (TPSA) is 12.9 Å². The van der Waals surface area contributed by atoms with Crippen LogP contribution in [0.15, 0.2) is 18.5 Å². The second-order valence-corrected chi connectivity index (χ2v) is 3.23. The number of halogens is 1. The van der Waals surface area contributed by atoms with E-state index in [1.807, 2.05) is 0 Å². The fraction of sp³-hybridized carbons (Fsp3) is 0.500. The van der Waals surface area contributed by atoms with Gasteiger partial charge in [0, 0.05) is 6.20 Å². The highest BCUT2D eigenvalue weighted by molar-refractivity contribution is 5.10. The summed E-state index contributed by atoms with van der Waals surface area (Å²) in [4.78, 5) is 3.80. The normalized spacial score (nSPS) is 12.9. The summed E-state index contributed by atoms with van der Waals surface area (Å²) in [6, 6.07) is 1.55. The van der Waals surface area contributed by atoms with Crippen LogP contribution < -0.4 is 0 Å². The third kappa shape index (κ3) is 2.61. The molecule has 1 aromatic heterocycles. The van der Waals surface area contributed by atoms with Gasteiger partial charge in [-0.15, -0.1) is 0 Å². The van der Waals surface area contributed by atoms with Crippen molar-refractivity contribution < 1.29 is 4.39 Å². The lowest BCUT2D eigenvalue weighted by atomic mass is 10.0. The minimum atomic E-state index is -0.240. The maximum Gasteiger partial charge on any atom is 0.141 e. The summed E-state index contributed by atoms with van der Waals surface area (Å²) in [6.45, 7) is 4.29. The first-order valence-corrected chi connectivity index (χ1v) is 4.31. The molecule has 0 N–H and O–H groups in total. The molecule has 0 saturated carbocycles. The average Bonchev–Trinajstić information content (AvgIpc) is 2.04. The van der Waals surface area contributed by atoms with E-state index in [4.69, 9.17) is 0 Å². The molecule has 1 atom stereocenters. The summed E-state index contributed by atoms with van der Waals surface area (Å²) in [6.07, 6.45) is 5.01. The SMILES string of the molecule is CCC(C)Cc1cncc(F)c1. The molecule has 1 aromatic rings. The van der Waals surface area contributed by atoms with Crippen LogP contribution in [0.2, 0.25) is 0 Å². The Labute approximate surface area is 72.6 Å². The van der Waals surface area contributed by atoms with Crippen LogP contribution in [0.4, 0.5) is 4.39 Å². The van der Waals surface area contributed by atoms with Gasteiger partial charge in [0.05, 0.1) is 6.20 Å². The Balaban J connectivity index is 2.63. The molecule has 0 aliphatic carbocycles. The average molecular weight is 167 g/mol. The standard InChI is InChI=1S/C10H14FN/c1-3-8(2)4-9-5-10(11)7-12-6-9/h5-8H,3-4H2,1-2H3. The minimum Gasteiger partial charge on any atom is -0.261 e. The van der Waals surface area contributed by atoms with Crippen LogP contribution in [-0.4, -0.2) is 4.98 Å². The molecule has 0 radical (unpaired) electrons. The zero-order chi connectivity index (χ0) is 8.97. The van der Waals surface area contributed by atoms with E-state index in [2.05, 4.69) is 18.8 Å². The largest absolute Gasteiger partial charge is 0.261 e. The van der Waals surface area contributed by atoms with E-state index in [0.717, 1.165) is 18.4 Å². The maximum atomic E-state index is 12.7. The third-order valence-electron chi connectivity index (χ3n) is 2.04. The van der Waals surface area contributed by atoms with E-state index in [1.165, 1.54) is 6.20 Å². The summed E-state index contributed by atoms with van der Waals surface area (Å²) in [5, 5.41) is 0. The molecule has 0 aromatic carbocycles. The van der Waals surface area contributed by atoms with Gasteiger partial charge < -0.3 is 0 Å². The zero-order valence-electron chi connectivity index (χ0n) is 7.55. The van der Waals surface area contributed by atoms with E-state index in [-0.39, 0.29) is 5.82 Å². The second kappa shape index (κ2) is 4.19. The van der Waals surface area contributed by atoms with Crippen LogP contribution in [0.1, 0.15) is 25.8 Å². The molecule has 2 heteroatoms. The Morgan fingerprint density at radius 3 is 2.83 bits per heavy atom. The molecule has 0 spiro atoms. The predicted molar refractivity (Wildman–Crippen MR) is 47.4 cm³/mol. The fourth-order valence-corrected chi connectivity index (χ4v) is 1.11. The number of nitrogens with zero attached hydrogens (tertiary/aromatic N) is 1. The Hall–Kier alpha value is -0.920. The van der Waals surface area contributed by atoms with E-state index >= 15 is 0 Å². The van der Waals surface area contributed by atoms with Gasteiger partial charge >= 0.3 is 0 Å². The maximum absolute atomic E-state index is 12.7. The van der Waals surface area contributed by atoms with Crippen molar-refractivity contribution in [1.29, 1.82) is 0 Å².